The summed E-state index contributed by atoms with van der Waals surface area (Å²) >= 11 is 0. The van der Waals surface area contributed by atoms with Gasteiger partial charge < -0.3 is 15.0 Å². The lowest BCUT2D eigenvalue weighted by molar-refractivity contribution is -0.123. The van der Waals surface area contributed by atoms with Crippen LogP contribution in [0.4, 0.5) is 5.82 Å². The minimum atomic E-state index is -3.83. The number of rotatable bonds is 8. The molecule has 0 spiro atoms. The number of benzene rings is 1. The van der Waals surface area contributed by atoms with Crippen molar-refractivity contribution in [2.24, 2.45) is 5.92 Å². The van der Waals surface area contributed by atoms with Crippen molar-refractivity contribution < 1.29 is 17.9 Å². The zero-order valence-electron chi connectivity index (χ0n) is 19.1. The van der Waals surface area contributed by atoms with Crippen molar-refractivity contribution >= 4 is 21.7 Å². The second kappa shape index (κ2) is 10.4. The highest BCUT2D eigenvalue weighted by atomic mass is 32.2. The first-order valence-electron chi connectivity index (χ1n) is 10.8. The Morgan fingerprint density at radius 2 is 1.84 bits per heavy atom. The van der Waals surface area contributed by atoms with Crippen LogP contribution < -0.4 is 14.9 Å². The fourth-order valence-corrected chi connectivity index (χ4v) is 4.84. The van der Waals surface area contributed by atoms with E-state index in [1.807, 2.05) is 39.8 Å². The van der Waals surface area contributed by atoms with Crippen molar-refractivity contribution in [3.63, 3.8) is 0 Å². The number of morpholine rings is 1. The molecule has 1 aliphatic heterocycles. The van der Waals surface area contributed by atoms with Gasteiger partial charge in [-0.2, -0.15) is 4.72 Å². The number of carbonyl (C=O) groups is 1. The number of amides is 1. The Hall–Kier alpha value is -2.49. The molecule has 0 aliphatic carbocycles. The molecule has 32 heavy (non-hydrogen) atoms. The first-order valence-corrected chi connectivity index (χ1v) is 12.3. The zero-order valence-corrected chi connectivity index (χ0v) is 19.9. The minimum absolute atomic E-state index is 0.155. The summed E-state index contributed by atoms with van der Waals surface area (Å²) in [6.07, 6.45) is 1.73. The van der Waals surface area contributed by atoms with Crippen molar-refractivity contribution in [1.29, 1.82) is 0 Å². The number of aromatic nitrogens is 1. The summed E-state index contributed by atoms with van der Waals surface area (Å²) in [7, 11) is -3.83. The molecular weight excluding hydrogens is 428 g/mol. The van der Waals surface area contributed by atoms with Gasteiger partial charge in [0.2, 0.25) is 15.9 Å². The Balaban J connectivity index is 1.63. The molecule has 9 heteroatoms. The number of ether oxygens (including phenoxy) is 1. The van der Waals surface area contributed by atoms with E-state index in [4.69, 9.17) is 4.74 Å². The third-order valence-corrected chi connectivity index (χ3v) is 7.07. The van der Waals surface area contributed by atoms with Gasteiger partial charge in [-0.05, 0) is 54.7 Å². The van der Waals surface area contributed by atoms with Gasteiger partial charge >= 0.3 is 0 Å². The molecule has 1 aromatic heterocycles. The van der Waals surface area contributed by atoms with Gasteiger partial charge in [-0.1, -0.05) is 26.0 Å². The maximum atomic E-state index is 12.9. The second-order valence-corrected chi connectivity index (χ2v) is 10.1. The van der Waals surface area contributed by atoms with E-state index in [1.54, 1.807) is 24.4 Å². The van der Waals surface area contributed by atoms with Crippen LogP contribution in [0.3, 0.4) is 0 Å². The van der Waals surface area contributed by atoms with E-state index in [0.717, 1.165) is 35.6 Å². The van der Waals surface area contributed by atoms with Crippen LogP contribution in [0.25, 0.3) is 0 Å². The summed E-state index contributed by atoms with van der Waals surface area (Å²) in [6, 6.07) is 7.90. The van der Waals surface area contributed by atoms with Gasteiger partial charge in [0.05, 0.1) is 18.1 Å². The van der Waals surface area contributed by atoms with Crippen molar-refractivity contribution in [3.8, 4) is 0 Å². The Morgan fingerprint density at radius 1 is 1.12 bits per heavy atom. The zero-order chi connectivity index (χ0) is 23.3. The van der Waals surface area contributed by atoms with E-state index in [1.165, 1.54) is 0 Å². The third-order valence-electron chi connectivity index (χ3n) is 5.63. The summed E-state index contributed by atoms with van der Waals surface area (Å²) < 4.78 is 33.7. The van der Waals surface area contributed by atoms with Gasteiger partial charge in [-0.15, -0.1) is 0 Å². The van der Waals surface area contributed by atoms with Gasteiger partial charge in [0, 0.05) is 25.8 Å². The summed E-state index contributed by atoms with van der Waals surface area (Å²) in [4.78, 5) is 19.6. The third kappa shape index (κ3) is 6.05. The van der Waals surface area contributed by atoms with Crippen molar-refractivity contribution in [1.82, 2.24) is 15.0 Å². The molecule has 8 nitrogen and oxygen atoms in total. The number of pyridine rings is 1. The predicted octanol–water partition coefficient (Wildman–Crippen LogP) is 2.15. The normalized spacial score (nSPS) is 15.6. The molecule has 0 radical (unpaired) electrons. The van der Waals surface area contributed by atoms with Gasteiger partial charge in [-0.3, -0.25) is 4.79 Å². The Labute approximate surface area is 190 Å². The van der Waals surface area contributed by atoms with Crippen molar-refractivity contribution in [2.75, 3.05) is 31.2 Å². The second-order valence-electron chi connectivity index (χ2n) is 8.43. The number of sulfonamides is 1. The number of anilines is 1. The number of nitrogens with zero attached hydrogens (tertiary/aromatic N) is 2. The summed E-state index contributed by atoms with van der Waals surface area (Å²) in [6.45, 7) is 10.7. The molecule has 0 bridgehead atoms. The van der Waals surface area contributed by atoms with Gasteiger partial charge in [0.25, 0.3) is 0 Å². The fraction of sp³-hybridized carbons (Fsp3) is 0.478. The lowest BCUT2D eigenvalue weighted by Gasteiger charge is -2.27. The molecular formula is C23H32N4O4S. The van der Waals surface area contributed by atoms with Crippen LogP contribution in [0.2, 0.25) is 0 Å². The topological polar surface area (TPSA) is 101 Å². The van der Waals surface area contributed by atoms with Crippen LogP contribution in [0.1, 0.15) is 30.5 Å². The Kier molecular flexibility index (Phi) is 7.86. The molecule has 2 aromatic rings. The molecule has 1 fully saturated rings. The fourth-order valence-electron chi connectivity index (χ4n) is 3.41. The molecule has 1 atom stereocenters. The SMILES string of the molecule is Cc1ccc(S(=O)(=O)NC(C(=O)NCc2ccc(N3CCOCC3)nc2)C(C)C)cc1C. The standard InChI is InChI=1S/C23H32N4O4S/c1-16(2)22(26-32(29,30)20-7-5-17(3)18(4)13-20)23(28)25-15-19-6-8-21(24-14-19)27-9-11-31-12-10-27/h5-8,13-14,16,22,26H,9-12,15H2,1-4H3,(H,25,28). The number of hydrogen-bond acceptors (Lipinski definition) is 6. The van der Waals surface area contributed by atoms with Crippen LogP contribution in [-0.4, -0.2) is 51.7 Å². The number of carbonyl (C=O) groups excluding carboxylic acids is 1. The highest BCUT2D eigenvalue weighted by Crippen LogP contribution is 2.17. The molecule has 1 amide bonds. The number of hydrogen-bond donors (Lipinski definition) is 2. The maximum absolute atomic E-state index is 12.9. The smallest absolute Gasteiger partial charge is 0.241 e. The van der Waals surface area contributed by atoms with Crippen LogP contribution >= 0.6 is 0 Å². The maximum Gasteiger partial charge on any atom is 0.241 e. The van der Waals surface area contributed by atoms with Crippen LogP contribution in [0.15, 0.2) is 41.4 Å². The highest BCUT2D eigenvalue weighted by molar-refractivity contribution is 7.89. The van der Waals surface area contributed by atoms with Crippen molar-refractivity contribution in [2.45, 2.75) is 45.2 Å². The minimum Gasteiger partial charge on any atom is -0.378 e. The van der Waals surface area contributed by atoms with E-state index >= 15 is 0 Å². The van der Waals surface area contributed by atoms with E-state index in [2.05, 4.69) is 19.9 Å². The molecule has 1 saturated heterocycles. The van der Waals surface area contributed by atoms with Crippen LogP contribution in [-0.2, 0) is 26.1 Å². The summed E-state index contributed by atoms with van der Waals surface area (Å²) in [5, 5.41) is 2.83. The largest absolute Gasteiger partial charge is 0.378 e. The number of aryl methyl sites for hydroxylation is 2. The van der Waals surface area contributed by atoms with Crippen LogP contribution in [0.5, 0.6) is 0 Å². The van der Waals surface area contributed by atoms with E-state index in [-0.39, 0.29) is 23.3 Å². The van der Waals surface area contributed by atoms with Crippen molar-refractivity contribution in [3.05, 3.63) is 53.2 Å². The lowest BCUT2D eigenvalue weighted by Crippen LogP contribution is -2.49. The molecule has 2 N–H and O–H groups in total. The Morgan fingerprint density at radius 3 is 2.44 bits per heavy atom. The van der Waals surface area contributed by atoms with Gasteiger partial charge in [-0.25, -0.2) is 13.4 Å². The summed E-state index contributed by atoms with van der Waals surface area (Å²) in [5.74, 6) is 0.285. The molecule has 174 valence electrons. The first kappa shape index (κ1) is 24.2. The molecule has 2 heterocycles. The van der Waals surface area contributed by atoms with E-state index in [0.29, 0.717) is 13.2 Å². The monoisotopic (exact) mass is 460 g/mol. The van der Waals surface area contributed by atoms with E-state index in [9.17, 15) is 13.2 Å². The molecule has 1 aliphatic rings. The molecule has 1 aromatic carbocycles. The van der Waals surface area contributed by atoms with Gasteiger partial charge in [0.15, 0.2) is 0 Å². The molecule has 0 saturated carbocycles. The predicted molar refractivity (Wildman–Crippen MR) is 124 cm³/mol. The molecule has 1 unspecified atom stereocenters. The molecule has 3 rings (SSSR count). The average Bonchev–Trinajstić information content (AvgIpc) is 2.78. The highest BCUT2D eigenvalue weighted by Gasteiger charge is 2.28. The summed E-state index contributed by atoms with van der Waals surface area (Å²) in [5.41, 5.74) is 2.73. The van der Waals surface area contributed by atoms with Crippen LogP contribution in [0, 0.1) is 19.8 Å². The Bertz CT molecular complexity index is 1030. The van der Waals surface area contributed by atoms with Gasteiger partial charge in [0.1, 0.15) is 11.9 Å². The number of nitrogens with one attached hydrogen (secondary N) is 2. The lowest BCUT2D eigenvalue weighted by atomic mass is 10.0. The first-order chi connectivity index (χ1) is 15.2. The quantitative estimate of drug-likeness (QED) is 0.626. The van der Waals surface area contributed by atoms with E-state index < -0.39 is 16.1 Å². The average molecular weight is 461 g/mol.